The molecule has 0 bridgehead atoms. The van der Waals surface area contributed by atoms with Gasteiger partial charge in [-0.15, -0.1) is 12.6 Å². The Kier molecular flexibility index (Phi) is 4.25. The molecule has 2 aromatic rings. The molecule has 2 rings (SSSR count). The Labute approximate surface area is 128 Å². The van der Waals surface area contributed by atoms with Crippen LogP contribution in [-0.2, 0) is 4.79 Å². The highest BCUT2D eigenvalue weighted by Gasteiger charge is 2.32. The van der Waals surface area contributed by atoms with Crippen LogP contribution in [0, 0.1) is 5.41 Å². The summed E-state index contributed by atoms with van der Waals surface area (Å²) in [6.45, 7) is 5.78. The Balaban J connectivity index is 2.49. The summed E-state index contributed by atoms with van der Waals surface area (Å²) in [5, 5.41) is 1.09. The van der Waals surface area contributed by atoms with Crippen LogP contribution < -0.4 is 4.74 Å². The summed E-state index contributed by atoms with van der Waals surface area (Å²) in [7, 11) is 0. The number of rotatable bonds is 3. The van der Waals surface area contributed by atoms with Crippen molar-refractivity contribution in [1.29, 1.82) is 0 Å². The van der Waals surface area contributed by atoms with E-state index in [0.29, 0.717) is 16.3 Å². The SMILES string of the molecule is CC(C)(C)C(Oc1ccc(Cl)c2cccnc12)C(=O)S. The van der Waals surface area contributed by atoms with Crippen LogP contribution in [-0.4, -0.2) is 16.2 Å². The van der Waals surface area contributed by atoms with Crippen LogP contribution in [0.5, 0.6) is 5.75 Å². The predicted octanol–water partition coefficient (Wildman–Crippen LogP) is 4.14. The number of thiol groups is 1. The van der Waals surface area contributed by atoms with Crippen LogP contribution in [0.3, 0.4) is 0 Å². The molecular weight excluding hydrogens is 294 g/mol. The van der Waals surface area contributed by atoms with Crippen LogP contribution in [0.1, 0.15) is 20.8 Å². The van der Waals surface area contributed by atoms with Crippen molar-refractivity contribution in [1.82, 2.24) is 4.98 Å². The number of ether oxygens (including phenoxy) is 1. The summed E-state index contributed by atoms with van der Waals surface area (Å²) in [4.78, 5) is 16.0. The Hall–Kier alpha value is -1.26. The maximum absolute atomic E-state index is 11.7. The minimum absolute atomic E-state index is 0.309. The van der Waals surface area contributed by atoms with Gasteiger partial charge in [-0.25, -0.2) is 0 Å². The van der Waals surface area contributed by atoms with E-state index < -0.39 is 6.10 Å². The second kappa shape index (κ2) is 5.62. The van der Waals surface area contributed by atoms with Crippen molar-refractivity contribution in [3.63, 3.8) is 0 Å². The molecule has 0 aliphatic heterocycles. The third-order valence-corrected chi connectivity index (χ3v) is 3.50. The van der Waals surface area contributed by atoms with Gasteiger partial charge in [0.15, 0.2) is 6.10 Å². The number of pyridine rings is 1. The van der Waals surface area contributed by atoms with E-state index in [-0.39, 0.29) is 10.5 Å². The number of hydrogen-bond donors (Lipinski definition) is 1. The van der Waals surface area contributed by atoms with Crippen molar-refractivity contribution < 1.29 is 9.53 Å². The van der Waals surface area contributed by atoms with Crippen molar-refractivity contribution in [3.05, 3.63) is 35.5 Å². The highest BCUT2D eigenvalue weighted by atomic mass is 35.5. The van der Waals surface area contributed by atoms with Crippen molar-refractivity contribution in [3.8, 4) is 5.75 Å². The fourth-order valence-corrected chi connectivity index (χ4v) is 2.59. The normalized spacial score (nSPS) is 13.2. The van der Waals surface area contributed by atoms with Crippen molar-refractivity contribution >= 4 is 40.2 Å². The van der Waals surface area contributed by atoms with E-state index in [1.165, 1.54) is 0 Å². The summed E-state index contributed by atoms with van der Waals surface area (Å²) >= 11 is 10.1. The summed E-state index contributed by atoms with van der Waals surface area (Å²) in [6.07, 6.45) is 1.01. The highest BCUT2D eigenvalue weighted by molar-refractivity contribution is 7.96. The third kappa shape index (κ3) is 3.07. The van der Waals surface area contributed by atoms with Crippen LogP contribution in [0.2, 0.25) is 5.02 Å². The molecule has 0 spiro atoms. The van der Waals surface area contributed by atoms with E-state index in [9.17, 15) is 4.79 Å². The summed E-state index contributed by atoms with van der Waals surface area (Å²) in [6, 6.07) is 7.14. The van der Waals surface area contributed by atoms with Gasteiger partial charge in [-0.1, -0.05) is 32.4 Å². The molecule has 1 atom stereocenters. The van der Waals surface area contributed by atoms with Crippen molar-refractivity contribution in [2.45, 2.75) is 26.9 Å². The van der Waals surface area contributed by atoms with Gasteiger partial charge in [0, 0.05) is 17.0 Å². The fourth-order valence-electron chi connectivity index (χ4n) is 1.93. The monoisotopic (exact) mass is 309 g/mol. The van der Waals surface area contributed by atoms with E-state index >= 15 is 0 Å². The molecule has 0 saturated carbocycles. The zero-order chi connectivity index (χ0) is 14.9. The van der Waals surface area contributed by atoms with E-state index in [1.54, 1.807) is 18.3 Å². The van der Waals surface area contributed by atoms with Crippen molar-refractivity contribution in [2.75, 3.05) is 0 Å². The lowest BCUT2D eigenvalue weighted by atomic mass is 9.89. The summed E-state index contributed by atoms with van der Waals surface area (Å²) in [5.74, 6) is 0.535. The first-order chi connectivity index (χ1) is 9.30. The molecule has 0 aliphatic rings. The molecule has 1 aromatic heterocycles. The Bertz CT molecular complexity index is 652. The highest BCUT2D eigenvalue weighted by Crippen LogP contribution is 2.33. The Morgan fingerprint density at radius 3 is 2.65 bits per heavy atom. The topological polar surface area (TPSA) is 39.2 Å². The Morgan fingerprint density at radius 1 is 1.35 bits per heavy atom. The number of fused-ring (bicyclic) bond motifs is 1. The number of carbonyl (C=O) groups excluding carboxylic acids is 1. The molecule has 5 heteroatoms. The van der Waals surface area contributed by atoms with Gasteiger partial charge in [0.05, 0.1) is 5.02 Å². The van der Waals surface area contributed by atoms with E-state index in [0.717, 1.165) is 5.39 Å². The first-order valence-electron chi connectivity index (χ1n) is 6.23. The number of halogens is 1. The van der Waals surface area contributed by atoms with Crippen LogP contribution in [0.4, 0.5) is 0 Å². The number of carbonyl (C=O) groups is 1. The average Bonchev–Trinajstić information content (AvgIpc) is 2.36. The first kappa shape index (κ1) is 15.1. The molecule has 0 saturated heterocycles. The fraction of sp³-hybridized carbons (Fsp3) is 0.333. The average molecular weight is 310 g/mol. The van der Waals surface area contributed by atoms with Gasteiger partial charge in [-0.05, 0) is 24.3 Å². The van der Waals surface area contributed by atoms with Gasteiger partial charge in [-0.2, -0.15) is 0 Å². The van der Waals surface area contributed by atoms with E-state index in [1.807, 2.05) is 32.9 Å². The largest absolute Gasteiger partial charge is 0.479 e. The molecule has 0 aliphatic carbocycles. The lowest BCUT2D eigenvalue weighted by molar-refractivity contribution is -0.121. The molecule has 1 aromatic carbocycles. The molecule has 1 unspecified atom stereocenters. The molecular formula is C15H16ClNO2S. The van der Waals surface area contributed by atoms with Crippen LogP contribution >= 0.6 is 24.2 Å². The number of nitrogens with zero attached hydrogens (tertiary/aromatic N) is 1. The zero-order valence-corrected chi connectivity index (χ0v) is 13.2. The van der Waals surface area contributed by atoms with E-state index in [2.05, 4.69) is 17.6 Å². The summed E-state index contributed by atoms with van der Waals surface area (Å²) in [5.41, 5.74) is 0.281. The van der Waals surface area contributed by atoms with Gasteiger partial charge in [-0.3, -0.25) is 9.78 Å². The lowest BCUT2D eigenvalue weighted by Gasteiger charge is -2.28. The van der Waals surface area contributed by atoms with Gasteiger partial charge < -0.3 is 4.74 Å². The smallest absolute Gasteiger partial charge is 0.227 e. The first-order valence-corrected chi connectivity index (χ1v) is 7.06. The molecule has 1 heterocycles. The maximum atomic E-state index is 11.7. The maximum Gasteiger partial charge on any atom is 0.227 e. The van der Waals surface area contributed by atoms with E-state index in [4.69, 9.17) is 16.3 Å². The van der Waals surface area contributed by atoms with Gasteiger partial charge in [0.25, 0.3) is 0 Å². The number of hydrogen-bond acceptors (Lipinski definition) is 3. The standard InChI is InChI=1S/C15H16ClNO2S/c1-15(2,3)13(14(18)20)19-11-7-6-10(16)9-5-4-8-17-12(9)11/h4-8,13H,1-3H3,(H,18,20). The van der Waals surface area contributed by atoms with Crippen LogP contribution in [0.25, 0.3) is 10.9 Å². The van der Waals surface area contributed by atoms with Crippen molar-refractivity contribution in [2.24, 2.45) is 5.41 Å². The second-order valence-electron chi connectivity index (χ2n) is 5.65. The minimum Gasteiger partial charge on any atom is -0.479 e. The van der Waals surface area contributed by atoms with Gasteiger partial charge in [0.2, 0.25) is 5.12 Å². The van der Waals surface area contributed by atoms with Gasteiger partial charge in [0.1, 0.15) is 11.3 Å². The number of benzene rings is 1. The quantitative estimate of drug-likeness (QED) is 0.866. The zero-order valence-electron chi connectivity index (χ0n) is 11.6. The number of aromatic nitrogens is 1. The second-order valence-corrected chi connectivity index (χ2v) is 6.50. The molecule has 0 amide bonds. The molecule has 20 heavy (non-hydrogen) atoms. The molecule has 3 nitrogen and oxygen atoms in total. The van der Waals surface area contributed by atoms with Crippen LogP contribution in [0.15, 0.2) is 30.5 Å². The predicted molar refractivity (Wildman–Crippen MR) is 84.6 cm³/mol. The molecule has 0 radical (unpaired) electrons. The molecule has 0 fully saturated rings. The molecule has 106 valence electrons. The van der Waals surface area contributed by atoms with Gasteiger partial charge >= 0.3 is 0 Å². The third-order valence-electron chi connectivity index (χ3n) is 2.94. The minimum atomic E-state index is -0.655. The lowest BCUT2D eigenvalue weighted by Crippen LogP contribution is -2.37. The summed E-state index contributed by atoms with van der Waals surface area (Å²) < 4.78 is 5.86. The Morgan fingerprint density at radius 2 is 2.05 bits per heavy atom. The molecule has 0 N–H and O–H groups in total.